The molecule has 0 saturated carbocycles. The van der Waals surface area contributed by atoms with E-state index in [0.717, 1.165) is 5.56 Å². The third-order valence-electron chi connectivity index (χ3n) is 4.21. The van der Waals surface area contributed by atoms with Crippen LogP contribution in [-0.2, 0) is 10.0 Å². The maximum atomic E-state index is 12.6. The van der Waals surface area contributed by atoms with Crippen molar-refractivity contribution in [1.82, 2.24) is 10.2 Å². The van der Waals surface area contributed by atoms with E-state index < -0.39 is 10.0 Å². The van der Waals surface area contributed by atoms with Gasteiger partial charge in [-0.15, -0.1) is 10.2 Å². The van der Waals surface area contributed by atoms with Gasteiger partial charge in [0.2, 0.25) is 11.8 Å². The number of nitrogens with zero attached hydrogens (tertiary/aromatic N) is 2. The van der Waals surface area contributed by atoms with Crippen molar-refractivity contribution in [2.45, 2.75) is 11.8 Å². The van der Waals surface area contributed by atoms with Gasteiger partial charge in [-0.05, 0) is 55.0 Å². The van der Waals surface area contributed by atoms with Crippen LogP contribution in [0.1, 0.15) is 5.56 Å². The smallest absolute Gasteiger partial charge is 0.262 e. The minimum atomic E-state index is -3.65. The van der Waals surface area contributed by atoms with Crippen LogP contribution in [0.25, 0.3) is 22.9 Å². The van der Waals surface area contributed by atoms with E-state index in [0.29, 0.717) is 28.6 Å². The molecule has 0 spiro atoms. The Bertz CT molecular complexity index is 1200. The summed E-state index contributed by atoms with van der Waals surface area (Å²) >= 11 is 0. The van der Waals surface area contributed by atoms with Crippen LogP contribution in [0.2, 0.25) is 0 Å². The fourth-order valence-electron chi connectivity index (χ4n) is 2.79. The van der Waals surface area contributed by atoms with Crippen LogP contribution in [0.3, 0.4) is 0 Å². The number of aryl methyl sites for hydroxylation is 1. The number of anilines is 1. The molecule has 28 heavy (non-hydrogen) atoms. The lowest BCUT2D eigenvalue weighted by Crippen LogP contribution is -2.14. The first-order valence-electron chi connectivity index (χ1n) is 8.61. The maximum absolute atomic E-state index is 12.6. The highest BCUT2D eigenvalue weighted by molar-refractivity contribution is 7.92. The Morgan fingerprint density at radius 1 is 0.750 bits per heavy atom. The summed E-state index contributed by atoms with van der Waals surface area (Å²) in [4.78, 5) is 0.253. The second-order valence-electron chi connectivity index (χ2n) is 6.23. The van der Waals surface area contributed by atoms with Gasteiger partial charge in [0.15, 0.2) is 0 Å². The molecule has 140 valence electrons. The van der Waals surface area contributed by atoms with Gasteiger partial charge in [-0.3, -0.25) is 4.72 Å². The molecule has 4 rings (SSSR count). The molecular weight excluding hydrogens is 374 g/mol. The van der Waals surface area contributed by atoms with Crippen LogP contribution < -0.4 is 4.72 Å². The van der Waals surface area contributed by atoms with Gasteiger partial charge < -0.3 is 4.42 Å². The molecule has 3 aromatic carbocycles. The molecule has 0 saturated heterocycles. The standard InChI is InChI=1S/C21H17N3O3S/c1-15-7-5-6-10-19(15)28(25,26)24-18-13-11-17(12-14-18)21-23-22-20(27-21)16-8-3-2-4-9-16/h2-14,24H,1H3. The van der Waals surface area contributed by atoms with Crippen molar-refractivity contribution in [1.29, 1.82) is 0 Å². The summed E-state index contributed by atoms with van der Waals surface area (Å²) < 4.78 is 33.5. The molecule has 7 heteroatoms. The maximum Gasteiger partial charge on any atom is 0.262 e. The van der Waals surface area contributed by atoms with Gasteiger partial charge >= 0.3 is 0 Å². The predicted octanol–water partition coefficient (Wildman–Crippen LogP) is 4.51. The summed E-state index contributed by atoms with van der Waals surface area (Å²) in [5, 5.41) is 8.14. The molecule has 0 fully saturated rings. The zero-order valence-electron chi connectivity index (χ0n) is 15.0. The second kappa shape index (κ2) is 7.28. The molecule has 1 aromatic heterocycles. The highest BCUT2D eigenvalue weighted by Gasteiger charge is 2.17. The highest BCUT2D eigenvalue weighted by atomic mass is 32.2. The van der Waals surface area contributed by atoms with Gasteiger partial charge in [0, 0.05) is 16.8 Å². The van der Waals surface area contributed by atoms with E-state index in [9.17, 15) is 8.42 Å². The Morgan fingerprint density at radius 3 is 1.96 bits per heavy atom. The quantitative estimate of drug-likeness (QED) is 0.541. The van der Waals surface area contributed by atoms with Gasteiger partial charge in [0.25, 0.3) is 10.0 Å². The van der Waals surface area contributed by atoms with Crippen LogP contribution in [-0.4, -0.2) is 18.6 Å². The van der Waals surface area contributed by atoms with Crippen molar-refractivity contribution in [3.63, 3.8) is 0 Å². The fourth-order valence-corrected chi connectivity index (χ4v) is 4.09. The lowest BCUT2D eigenvalue weighted by atomic mass is 10.2. The van der Waals surface area contributed by atoms with Crippen LogP contribution in [0.15, 0.2) is 88.2 Å². The Labute approximate surface area is 162 Å². The monoisotopic (exact) mass is 391 g/mol. The van der Waals surface area contributed by atoms with Gasteiger partial charge in [0.1, 0.15) is 0 Å². The second-order valence-corrected chi connectivity index (χ2v) is 7.88. The number of nitrogens with one attached hydrogen (secondary N) is 1. The number of aromatic nitrogens is 2. The fraction of sp³-hybridized carbons (Fsp3) is 0.0476. The van der Waals surface area contributed by atoms with E-state index >= 15 is 0 Å². The molecule has 0 aliphatic rings. The summed E-state index contributed by atoms with van der Waals surface area (Å²) in [6.07, 6.45) is 0. The average Bonchev–Trinajstić information content (AvgIpc) is 3.19. The zero-order valence-corrected chi connectivity index (χ0v) is 15.8. The molecule has 0 atom stereocenters. The van der Waals surface area contributed by atoms with E-state index in [2.05, 4.69) is 14.9 Å². The average molecular weight is 391 g/mol. The van der Waals surface area contributed by atoms with Crippen LogP contribution >= 0.6 is 0 Å². The normalized spacial score (nSPS) is 11.3. The molecule has 0 aliphatic heterocycles. The predicted molar refractivity (Wildman–Crippen MR) is 107 cm³/mol. The van der Waals surface area contributed by atoms with Crippen molar-refractivity contribution in [3.8, 4) is 22.9 Å². The van der Waals surface area contributed by atoms with Gasteiger partial charge in [-0.2, -0.15) is 0 Å². The SMILES string of the molecule is Cc1ccccc1S(=O)(=O)Nc1ccc(-c2nnc(-c3ccccc3)o2)cc1. The van der Waals surface area contributed by atoms with Crippen molar-refractivity contribution in [2.75, 3.05) is 4.72 Å². The topological polar surface area (TPSA) is 85.1 Å². The molecule has 0 amide bonds. The minimum absolute atomic E-state index is 0.253. The Kier molecular flexibility index (Phi) is 4.67. The first-order chi connectivity index (χ1) is 13.5. The Morgan fingerprint density at radius 2 is 1.32 bits per heavy atom. The number of hydrogen-bond acceptors (Lipinski definition) is 5. The third-order valence-corrected chi connectivity index (χ3v) is 5.75. The number of rotatable bonds is 5. The largest absolute Gasteiger partial charge is 0.416 e. The Balaban J connectivity index is 1.55. The molecule has 0 aliphatic carbocycles. The van der Waals surface area contributed by atoms with Gasteiger partial charge in [0.05, 0.1) is 4.90 Å². The van der Waals surface area contributed by atoms with E-state index in [4.69, 9.17) is 4.42 Å². The van der Waals surface area contributed by atoms with Gasteiger partial charge in [-0.1, -0.05) is 36.4 Å². The first-order valence-corrected chi connectivity index (χ1v) is 10.1. The van der Waals surface area contributed by atoms with Crippen molar-refractivity contribution < 1.29 is 12.8 Å². The summed E-state index contributed by atoms with van der Waals surface area (Å²) in [6.45, 7) is 1.76. The van der Waals surface area contributed by atoms with Crippen molar-refractivity contribution >= 4 is 15.7 Å². The molecule has 0 radical (unpaired) electrons. The molecule has 0 unspecified atom stereocenters. The first kappa shape index (κ1) is 17.9. The van der Waals surface area contributed by atoms with Crippen LogP contribution in [0.5, 0.6) is 0 Å². The minimum Gasteiger partial charge on any atom is -0.416 e. The number of sulfonamides is 1. The molecular formula is C21H17N3O3S. The summed E-state index contributed by atoms with van der Waals surface area (Å²) in [7, 11) is -3.65. The molecule has 6 nitrogen and oxygen atoms in total. The summed E-state index contributed by atoms with van der Waals surface area (Å²) in [6, 6.07) is 23.1. The van der Waals surface area contributed by atoms with Crippen LogP contribution in [0, 0.1) is 6.92 Å². The Hall–Kier alpha value is -3.45. The number of hydrogen-bond donors (Lipinski definition) is 1. The molecule has 4 aromatic rings. The molecule has 1 N–H and O–H groups in total. The molecule has 0 bridgehead atoms. The van der Waals surface area contributed by atoms with Gasteiger partial charge in [-0.25, -0.2) is 8.42 Å². The lowest BCUT2D eigenvalue weighted by molar-refractivity contribution is 0.584. The van der Waals surface area contributed by atoms with Crippen LogP contribution in [0.4, 0.5) is 5.69 Å². The lowest BCUT2D eigenvalue weighted by Gasteiger charge is -2.10. The highest BCUT2D eigenvalue weighted by Crippen LogP contribution is 2.26. The summed E-state index contributed by atoms with van der Waals surface area (Å²) in [5.74, 6) is 0.798. The number of benzene rings is 3. The van der Waals surface area contributed by atoms with E-state index in [1.807, 2.05) is 30.3 Å². The third kappa shape index (κ3) is 3.65. The van der Waals surface area contributed by atoms with E-state index in [1.165, 1.54) is 0 Å². The van der Waals surface area contributed by atoms with Crippen molar-refractivity contribution in [2.24, 2.45) is 0 Å². The van der Waals surface area contributed by atoms with E-state index in [1.54, 1.807) is 55.5 Å². The molecule has 1 heterocycles. The van der Waals surface area contributed by atoms with Crippen molar-refractivity contribution in [3.05, 3.63) is 84.4 Å². The van der Waals surface area contributed by atoms with E-state index in [-0.39, 0.29) is 4.90 Å². The summed E-state index contributed by atoms with van der Waals surface area (Å²) in [5.41, 5.74) is 2.68. The zero-order chi connectivity index (χ0) is 19.6.